The summed E-state index contributed by atoms with van der Waals surface area (Å²) in [5, 5.41) is 8.58. The third-order valence-electron chi connectivity index (χ3n) is 4.21. The van der Waals surface area contributed by atoms with Gasteiger partial charge in [0.2, 0.25) is 0 Å². The number of nitrogens with zero attached hydrogens (tertiary/aromatic N) is 3. The molecule has 2 N–H and O–H groups in total. The lowest BCUT2D eigenvalue weighted by atomic mass is 9.80. The fourth-order valence-electron chi connectivity index (χ4n) is 3.09. The Kier molecular flexibility index (Phi) is 2.69. The molecule has 2 fully saturated rings. The van der Waals surface area contributed by atoms with Crippen LogP contribution in [0.5, 0.6) is 0 Å². The Hall–Kier alpha value is -0.900. The summed E-state index contributed by atoms with van der Waals surface area (Å²) in [5.41, 5.74) is 6.49. The molecule has 2 aliphatic carbocycles. The van der Waals surface area contributed by atoms with Crippen LogP contribution >= 0.6 is 0 Å². The maximum atomic E-state index is 6.51. The van der Waals surface area contributed by atoms with E-state index in [0.717, 1.165) is 30.9 Å². The summed E-state index contributed by atoms with van der Waals surface area (Å²) in [6.07, 6.45) is 9.64. The molecule has 0 saturated heterocycles. The molecular weight excluding hydrogens is 212 g/mol. The number of aryl methyl sites for hydroxylation is 1. The molecule has 0 aromatic carbocycles. The number of hydrogen-bond donors (Lipinski definition) is 1. The van der Waals surface area contributed by atoms with Crippen LogP contribution in [0, 0.1) is 6.92 Å². The van der Waals surface area contributed by atoms with Gasteiger partial charge in [0.15, 0.2) is 0 Å². The van der Waals surface area contributed by atoms with E-state index in [1.165, 1.54) is 32.1 Å². The normalized spacial score (nSPS) is 23.9. The lowest BCUT2D eigenvalue weighted by Crippen LogP contribution is -2.44. The van der Waals surface area contributed by atoms with Gasteiger partial charge in [-0.2, -0.15) is 0 Å². The summed E-state index contributed by atoms with van der Waals surface area (Å²) < 4.78 is 2.32. The van der Waals surface area contributed by atoms with Gasteiger partial charge in [0.1, 0.15) is 11.6 Å². The summed E-state index contributed by atoms with van der Waals surface area (Å²) in [4.78, 5) is 0. The topological polar surface area (TPSA) is 56.7 Å². The van der Waals surface area contributed by atoms with Gasteiger partial charge in [0, 0.05) is 18.0 Å². The highest BCUT2D eigenvalue weighted by Gasteiger charge is 2.33. The van der Waals surface area contributed by atoms with Gasteiger partial charge < -0.3 is 10.3 Å². The second kappa shape index (κ2) is 4.09. The zero-order chi connectivity index (χ0) is 11.9. The number of hydrogen-bond acceptors (Lipinski definition) is 3. The molecule has 94 valence electrons. The predicted octanol–water partition coefficient (Wildman–Crippen LogP) is 2.13. The van der Waals surface area contributed by atoms with E-state index in [2.05, 4.69) is 21.7 Å². The van der Waals surface area contributed by atoms with E-state index in [1.54, 1.807) is 0 Å². The Balaban J connectivity index is 1.79. The Morgan fingerprint density at radius 2 is 1.94 bits per heavy atom. The standard InChI is InChI=1S/C13H22N4/c1-10-15-16-12(17(10)11-5-6-11)9-13(14)7-3-2-4-8-13/h11H,2-9,14H2,1H3. The molecule has 0 bridgehead atoms. The molecule has 0 atom stereocenters. The first-order valence-corrected chi connectivity index (χ1v) is 6.87. The molecule has 4 nitrogen and oxygen atoms in total. The second-order valence-corrected chi connectivity index (χ2v) is 5.86. The van der Waals surface area contributed by atoms with Crippen molar-refractivity contribution in [3.05, 3.63) is 11.6 Å². The number of rotatable bonds is 3. The lowest BCUT2D eigenvalue weighted by molar-refractivity contribution is 0.286. The van der Waals surface area contributed by atoms with Gasteiger partial charge in [-0.3, -0.25) is 0 Å². The van der Waals surface area contributed by atoms with Crippen LogP contribution in [0.2, 0.25) is 0 Å². The lowest BCUT2D eigenvalue weighted by Gasteiger charge is -2.33. The monoisotopic (exact) mass is 234 g/mol. The minimum atomic E-state index is -0.0234. The maximum Gasteiger partial charge on any atom is 0.135 e. The van der Waals surface area contributed by atoms with Gasteiger partial charge in [0.25, 0.3) is 0 Å². The minimum Gasteiger partial charge on any atom is -0.325 e. The van der Waals surface area contributed by atoms with Gasteiger partial charge in [-0.05, 0) is 32.6 Å². The summed E-state index contributed by atoms with van der Waals surface area (Å²) in [5.74, 6) is 2.18. The molecule has 0 spiro atoms. The first-order chi connectivity index (χ1) is 8.18. The van der Waals surface area contributed by atoms with Crippen LogP contribution in [0.25, 0.3) is 0 Å². The molecular formula is C13H22N4. The van der Waals surface area contributed by atoms with Crippen LogP contribution in [0.3, 0.4) is 0 Å². The van der Waals surface area contributed by atoms with Crippen molar-refractivity contribution in [3.63, 3.8) is 0 Å². The predicted molar refractivity (Wildman–Crippen MR) is 66.7 cm³/mol. The largest absolute Gasteiger partial charge is 0.325 e. The first kappa shape index (κ1) is 11.2. The fourth-order valence-corrected chi connectivity index (χ4v) is 3.09. The van der Waals surface area contributed by atoms with Crippen molar-refractivity contribution in [1.29, 1.82) is 0 Å². The SMILES string of the molecule is Cc1nnc(CC2(N)CCCCC2)n1C1CC1. The summed E-state index contributed by atoms with van der Waals surface area (Å²) in [6.45, 7) is 2.05. The summed E-state index contributed by atoms with van der Waals surface area (Å²) in [7, 11) is 0. The van der Waals surface area contributed by atoms with Crippen molar-refractivity contribution in [2.45, 2.75) is 69.9 Å². The van der Waals surface area contributed by atoms with E-state index < -0.39 is 0 Å². The summed E-state index contributed by atoms with van der Waals surface area (Å²) >= 11 is 0. The van der Waals surface area contributed by atoms with Crippen molar-refractivity contribution < 1.29 is 0 Å². The van der Waals surface area contributed by atoms with Gasteiger partial charge in [-0.1, -0.05) is 19.3 Å². The Morgan fingerprint density at radius 3 is 2.59 bits per heavy atom. The van der Waals surface area contributed by atoms with Crippen LogP contribution < -0.4 is 5.73 Å². The van der Waals surface area contributed by atoms with Crippen molar-refractivity contribution in [2.24, 2.45) is 5.73 Å². The highest BCUT2D eigenvalue weighted by Crippen LogP contribution is 2.38. The minimum absolute atomic E-state index is 0.0234. The molecule has 1 aromatic heterocycles. The highest BCUT2D eigenvalue weighted by molar-refractivity contribution is 5.06. The molecule has 1 aromatic rings. The smallest absolute Gasteiger partial charge is 0.135 e. The fraction of sp³-hybridized carbons (Fsp3) is 0.846. The van der Waals surface area contributed by atoms with Crippen molar-refractivity contribution in [2.75, 3.05) is 0 Å². The average Bonchev–Trinajstić information content (AvgIpc) is 3.06. The average molecular weight is 234 g/mol. The zero-order valence-electron chi connectivity index (χ0n) is 10.7. The van der Waals surface area contributed by atoms with Crippen molar-refractivity contribution in [3.8, 4) is 0 Å². The molecule has 0 amide bonds. The van der Waals surface area contributed by atoms with Gasteiger partial charge >= 0.3 is 0 Å². The third-order valence-corrected chi connectivity index (χ3v) is 4.21. The number of aromatic nitrogens is 3. The molecule has 1 heterocycles. The van der Waals surface area contributed by atoms with Gasteiger partial charge in [0.05, 0.1) is 0 Å². The van der Waals surface area contributed by atoms with Crippen molar-refractivity contribution in [1.82, 2.24) is 14.8 Å². The summed E-state index contributed by atoms with van der Waals surface area (Å²) in [6, 6.07) is 0.659. The number of nitrogens with two attached hydrogens (primary N) is 1. The van der Waals surface area contributed by atoms with Crippen LogP contribution in [0.1, 0.15) is 62.6 Å². The van der Waals surface area contributed by atoms with E-state index >= 15 is 0 Å². The quantitative estimate of drug-likeness (QED) is 0.871. The second-order valence-electron chi connectivity index (χ2n) is 5.86. The molecule has 3 rings (SSSR count). The first-order valence-electron chi connectivity index (χ1n) is 6.87. The molecule has 2 aliphatic rings. The Bertz CT molecular complexity index is 400. The van der Waals surface area contributed by atoms with Crippen LogP contribution in [0.4, 0.5) is 0 Å². The van der Waals surface area contributed by atoms with Gasteiger partial charge in [-0.25, -0.2) is 0 Å². The van der Waals surface area contributed by atoms with E-state index in [-0.39, 0.29) is 5.54 Å². The third kappa shape index (κ3) is 2.23. The highest BCUT2D eigenvalue weighted by atomic mass is 15.3. The molecule has 17 heavy (non-hydrogen) atoms. The van der Waals surface area contributed by atoms with E-state index in [4.69, 9.17) is 5.73 Å². The van der Waals surface area contributed by atoms with Crippen LogP contribution in [-0.4, -0.2) is 20.3 Å². The van der Waals surface area contributed by atoms with E-state index in [1.807, 2.05) is 0 Å². The molecule has 0 unspecified atom stereocenters. The van der Waals surface area contributed by atoms with E-state index in [0.29, 0.717) is 6.04 Å². The van der Waals surface area contributed by atoms with Gasteiger partial charge in [-0.15, -0.1) is 10.2 Å². The Morgan fingerprint density at radius 1 is 1.24 bits per heavy atom. The Labute approximate surface area is 103 Å². The molecule has 0 aliphatic heterocycles. The molecule has 2 saturated carbocycles. The maximum absolute atomic E-state index is 6.51. The zero-order valence-corrected chi connectivity index (χ0v) is 10.7. The van der Waals surface area contributed by atoms with Crippen LogP contribution in [0.15, 0.2) is 0 Å². The van der Waals surface area contributed by atoms with E-state index in [9.17, 15) is 0 Å². The molecule has 4 heteroatoms. The van der Waals surface area contributed by atoms with Crippen molar-refractivity contribution >= 4 is 0 Å². The van der Waals surface area contributed by atoms with Crippen LogP contribution in [-0.2, 0) is 6.42 Å². The molecule has 0 radical (unpaired) electrons.